The molecule has 1 rings (SSSR count). The molecule has 0 spiro atoms. The highest BCUT2D eigenvalue weighted by Crippen LogP contribution is 2.42. The van der Waals surface area contributed by atoms with Crippen molar-refractivity contribution in [2.75, 3.05) is 0 Å². The summed E-state index contributed by atoms with van der Waals surface area (Å²) in [4.78, 5) is 11.3. The summed E-state index contributed by atoms with van der Waals surface area (Å²) in [6, 6.07) is 0. The maximum Gasteiger partial charge on any atom is 0.132 e. The Kier molecular flexibility index (Phi) is 3.52. The molecule has 0 aliphatic heterocycles. The number of hydrogen-bond donors (Lipinski definition) is 0. The highest BCUT2D eigenvalue weighted by atomic mass is 16.1. The molecule has 1 aliphatic rings. The van der Waals surface area contributed by atoms with E-state index >= 15 is 0 Å². The van der Waals surface area contributed by atoms with Gasteiger partial charge in [0.2, 0.25) is 0 Å². The summed E-state index contributed by atoms with van der Waals surface area (Å²) in [5.74, 6) is 3.46. The number of rotatable bonds is 3. The Labute approximate surface area is 81.9 Å². The fourth-order valence-corrected chi connectivity index (χ4v) is 2.56. The van der Waals surface area contributed by atoms with Gasteiger partial charge in [-0.15, -0.1) is 0 Å². The fraction of sp³-hybridized carbons (Fsp3) is 0.917. The molecule has 1 fully saturated rings. The van der Waals surface area contributed by atoms with E-state index in [0.29, 0.717) is 18.1 Å². The molecule has 1 saturated carbocycles. The van der Waals surface area contributed by atoms with Crippen LogP contribution in [0, 0.1) is 23.7 Å². The maximum atomic E-state index is 11.3. The number of hydrogen-bond acceptors (Lipinski definition) is 1. The third-order valence-corrected chi connectivity index (χ3v) is 4.03. The first-order valence-electron chi connectivity index (χ1n) is 5.58. The molecule has 0 aromatic carbocycles. The minimum Gasteiger partial charge on any atom is -0.300 e. The van der Waals surface area contributed by atoms with E-state index in [4.69, 9.17) is 0 Å². The van der Waals surface area contributed by atoms with E-state index in [1.807, 2.05) is 6.92 Å². The maximum absolute atomic E-state index is 11.3. The third kappa shape index (κ3) is 2.32. The van der Waals surface area contributed by atoms with Crippen molar-refractivity contribution in [3.63, 3.8) is 0 Å². The first-order chi connectivity index (χ1) is 6.06. The molecule has 0 radical (unpaired) electrons. The summed E-state index contributed by atoms with van der Waals surface area (Å²) in [6.45, 7) is 8.92. The molecule has 0 amide bonds. The molecule has 1 aliphatic carbocycles. The lowest BCUT2D eigenvalue weighted by Crippen LogP contribution is -2.13. The van der Waals surface area contributed by atoms with Crippen LogP contribution in [0.3, 0.4) is 0 Å². The molecule has 4 unspecified atom stereocenters. The van der Waals surface area contributed by atoms with Crippen LogP contribution in [0.25, 0.3) is 0 Å². The Hall–Kier alpha value is -0.330. The minimum atomic E-state index is 0.443. The van der Waals surface area contributed by atoms with Crippen LogP contribution in [0.15, 0.2) is 0 Å². The van der Waals surface area contributed by atoms with E-state index in [0.717, 1.165) is 24.2 Å². The second-order valence-electron chi connectivity index (χ2n) is 4.79. The highest BCUT2D eigenvalue weighted by Gasteiger charge is 2.35. The highest BCUT2D eigenvalue weighted by molar-refractivity contribution is 5.78. The number of Topliss-reactive ketones (excluding diaryl/α,β-unsaturated/α-hetero) is 1. The van der Waals surface area contributed by atoms with E-state index in [1.165, 1.54) is 6.42 Å². The number of carbonyl (C=O) groups is 1. The zero-order valence-electron chi connectivity index (χ0n) is 9.34. The van der Waals surface area contributed by atoms with Crippen molar-refractivity contribution in [1.82, 2.24) is 0 Å². The second kappa shape index (κ2) is 4.26. The van der Waals surface area contributed by atoms with E-state index in [-0.39, 0.29) is 0 Å². The zero-order chi connectivity index (χ0) is 10.0. The summed E-state index contributed by atoms with van der Waals surface area (Å²) in [7, 11) is 0. The molecule has 0 N–H and O–H groups in total. The van der Waals surface area contributed by atoms with Gasteiger partial charge >= 0.3 is 0 Å². The molecule has 13 heavy (non-hydrogen) atoms. The van der Waals surface area contributed by atoms with Crippen molar-refractivity contribution < 1.29 is 4.79 Å². The van der Waals surface area contributed by atoms with Crippen molar-refractivity contribution in [3.8, 4) is 0 Å². The molecule has 0 aromatic rings. The largest absolute Gasteiger partial charge is 0.300 e. The van der Waals surface area contributed by atoms with Crippen LogP contribution in [-0.4, -0.2) is 5.78 Å². The van der Waals surface area contributed by atoms with Gasteiger partial charge < -0.3 is 0 Å². The molecule has 0 heterocycles. The minimum absolute atomic E-state index is 0.443. The fourth-order valence-electron chi connectivity index (χ4n) is 2.56. The van der Waals surface area contributed by atoms with Crippen molar-refractivity contribution >= 4 is 5.78 Å². The van der Waals surface area contributed by atoms with Gasteiger partial charge in [0.15, 0.2) is 0 Å². The SMILES string of the molecule is CCC(=O)CC1CC(C)C(C)C1C. The van der Waals surface area contributed by atoms with Crippen molar-refractivity contribution in [2.45, 2.75) is 47.0 Å². The van der Waals surface area contributed by atoms with E-state index < -0.39 is 0 Å². The Morgan fingerprint density at radius 2 is 1.85 bits per heavy atom. The van der Waals surface area contributed by atoms with Crippen LogP contribution in [0.2, 0.25) is 0 Å². The van der Waals surface area contributed by atoms with Crippen molar-refractivity contribution in [2.24, 2.45) is 23.7 Å². The predicted octanol–water partition coefficient (Wildman–Crippen LogP) is 3.28. The average molecular weight is 182 g/mol. The smallest absolute Gasteiger partial charge is 0.132 e. The molecule has 1 nitrogen and oxygen atoms in total. The van der Waals surface area contributed by atoms with Crippen molar-refractivity contribution in [1.29, 1.82) is 0 Å². The Morgan fingerprint density at radius 3 is 2.23 bits per heavy atom. The van der Waals surface area contributed by atoms with Crippen LogP contribution in [0.5, 0.6) is 0 Å². The lowest BCUT2D eigenvalue weighted by Gasteiger charge is -2.17. The predicted molar refractivity (Wildman–Crippen MR) is 55.5 cm³/mol. The van der Waals surface area contributed by atoms with E-state index in [9.17, 15) is 4.79 Å². The summed E-state index contributed by atoms with van der Waals surface area (Å²) in [5, 5.41) is 0. The molecule has 0 bridgehead atoms. The standard InChI is InChI=1S/C12H22O/c1-5-12(13)7-11-6-8(2)9(3)10(11)4/h8-11H,5-7H2,1-4H3. The normalized spacial score (nSPS) is 39.4. The molecular formula is C12H22O. The molecular weight excluding hydrogens is 160 g/mol. The van der Waals surface area contributed by atoms with Gasteiger partial charge in [-0.05, 0) is 30.1 Å². The van der Waals surface area contributed by atoms with Crippen LogP contribution >= 0.6 is 0 Å². The first-order valence-corrected chi connectivity index (χ1v) is 5.58. The summed E-state index contributed by atoms with van der Waals surface area (Å²) in [5.41, 5.74) is 0. The Bertz CT molecular complexity index is 186. The van der Waals surface area contributed by atoms with Gasteiger partial charge in [-0.2, -0.15) is 0 Å². The lowest BCUT2D eigenvalue weighted by molar-refractivity contribution is -0.119. The monoisotopic (exact) mass is 182 g/mol. The Morgan fingerprint density at radius 1 is 1.23 bits per heavy atom. The molecule has 76 valence electrons. The van der Waals surface area contributed by atoms with Gasteiger partial charge in [0.25, 0.3) is 0 Å². The quantitative estimate of drug-likeness (QED) is 0.654. The van der Waals surface area contributed by atoms with E-state index in [1.54, 1.807) is 0 Å². The lowest BCUT2D eigenvalue weighted by atomic mass is 9.88. The molecule has 1 heteroatoms. The Balaban J connectivity index is 2.49. The molecule has 0 saturated heterocycles. The first kappa shape index (κ1) is 10.7. The van der Waals surface area contributed by atoms with Gasteiger partial charge in [-0.1, -0.05) is 27.7 Å². The summed E-state index contributed by atoms with van der Waals surface area (Å²) in [6.07, 6.45) is 2.80. The number of ketones is 1. The van der Waals surface area contributed by atoms with Crippen LogP contribution in [-0.2, 0) is 4.79 Å². The van der Waals surface area contributed by atoms with Crippen molar-refractivity contribution in [3.05, 3.63) is 0 Å². The van der Waals surface area contributed by atoms with Gasteiger partial charge in [0, 0.05) is 12.8 Å². The third-order valence-electron chi connectivity index (χ3n) is 4.03. The molecule has 0 aromatic heterocycles. The van der Waals surface area contributed by atoms with Crippen LogP contribution in [0.1, 0.15) is 47.0 Å². The second-order valence-corrected chi connectivity index (χ2v) is 4.79. The average Bonchev–Trinajstić information content (AvgIpc) is 2.34. The van der Waals surface area contributed by atoms with Crippen LogP contribution < -0.4 is 0 Å². The van der Waals surface area contributed by atoms with Crippen LogP contribution in [0.4, 0.5) is 0 Å². The van der Waals surface area contributed by atoms with Gasteiger partial charge in [0.1, 0.15) is 5.78 Å². The molecule has 4 atom stereocenters. The topological polar surface area (TPSA) is 17.1 Å². The van der Waals surface area contributed by atoms with E-state index in [2.05, 4.69) is 20.8 Å². The van der Waals surface area contributed by atoms with Gasteiger partial charge in [0.05, 0.1) is 0 Å². The van der Waals surface area contributed by atoms with Gasteiger partial charge in [-0.3, -0.25) is 4.79 Å². The number of carbonyl (C=O) groups excluding carboxylic acids is 1. The summed E-state index contributed by atoms with van der Waals surface area (Å²) >= 11 is 0. The van der Waals surface area contributed by atoms with Gasteiger partial charge in [-0.25, -0.2) is 0 Å². The summed E-state index contributed by atoms with van der Waals surface area (Å²) < 4.78 is 0. The zero-order valence-corrected chi connectivity index (χ0v) is 9.34.